The smallest absolute Gasteiger partial charge is 0.261 e. The van der Waals surface area contributed by atoms with Gasteiger partial charge in [-0.2, -0.15) is 0 Å². The number of hydrogen-bond donors (Lipinski definition) is 1. The zero-order chi connectivity index (χ0) is 18.9. The van der Waals surface area contributed by atoms with E-state index in [0.717, 1.165) is 23.5 Å². The van der Waals surface area contributed by atoms with E-state index in [1.165, 1.54) is 0 Å². The van der Waals surface area contributed by atoms with Crippen molar-refractivity contribution in [3.63, 3.8) is 0 Å². The maximum Gasteiger partial charge on any atom is 0.261 e. The molecule has 0 aliphatic carbocycles. The molecular weight excluding hydrogens is 330 g/mol. The van der Waals surface area contributed by atoms with Crippen LogP contribution in [0, 0.1) is 0 Å². The van der Waals surface area contributed by atoms with Gasteiger partial charge in [-0.1, -0.05) is 26.0 Å². The zero-order valence-corrected chi connectivity index (χ0v) is 15.8. The summed E-state index contributed by atoms with van der Waals surface area (Å²) in [6, 6.07) is 14.9. The van der Waals surface area contributed by atoms with Crippen LogP contribution in [0.5, 0.6) is 17.2 Å². The molecule has 2 rings (SSSR count). The topological polar surface area (TPSA) is 56.8 Å². The van der Waals surface area contributed by atoms with Gasteiger partial charge in [0.05, 0.1) is 20.3 Å². The Morgan fingerprint density at radius 3 is 1.81 bits per heavy atom. The molecule has 0 saturated heterocycles. The van der Waals surface area contributed by atoms with Crippen molar-refractivity contribution in [1.29, 1.82) is 0 Å². The lowest BCUT2D eigenvalue weighted by Gasteiger charge is -2.22. The van der Waals surface area contributed by atoms with E-state index in [1.807, 2.05) is 50.2 Å². The maximum absolute atomic E-state index is 12.7. The summed E-state index contributed by atoms with van der Waals surface area (Å²) in [5.41, 5.74) is 1.04. The predicted molar refractivity (Wildman–Crippen MR) is 102 cm³/mol. The third kappa shape index (κ3) is 5.15. The van der Waals surface area contributed by atoms with Crippen molar-refractivity contribution in [2.45, 2.75) is 38.8 Å². The van der Waals surface area contributed by atoms with Gasteiger partial charge in [-0.15, -0.1) is 0 Å². The van der Waals surface area contributed by atoms with E-state index in [4.69, 9.17) is 14.2 Å². The molecule has 2 aromatic rings. The van der Waals surface area contributed by atoms with Crippen LogP contribution in [0.2, 0.25) is 0 Å². The molecular formula is C21H27NO4. The minimum Gasteiger partial charge on any atom is -0.497 e. The summed E-state index contributed by atoms with van der Waals surface area (Å²) in [6.45, 7) is 3.97. The molecule has 0 aromatic heterocycles. The molecule has 140 valence electrons. The van der Waals surface area contributed by atoms with Crippen molar-refractivity contribution in [1.82, 2.24) is 5.32 Å². The molecule has 1 amide bonds. The van der Waals surface area contributed by atoms with E-state index >= 15 is 0 Å². The van der Waals surface area contributed by atoms with Gasteiger partial charge >= 0.3 is 0 Å². The zero-order valence-electron chi connectivity index (χ0n) is 15.8. The van der Waals surface area contributed by atoms with E-state index in [9.17, 15) is 4.79 Å². The fourth-order valence-corrected chi connectivity index (χ4v) is 2.66. The number of hydrogen-bond acceptors (Lipinski definition) is 4. The van der Waals surface area contributed by atoms with Crippen molar-refractivity contribution < 1.29 is 19.0 Å². The van der Waals surface area contributed by atoms with E-state index in [0.29, 0.717) is 12.2 Å². The number of rotatable bonds is 9. The van der Waals surface area contributed by atoms with Crippen LogP contribution in [-0.2, 0) is 4.79 Å². The molecule has 1 N–H and O–H groups in total. The van der Waals surface area contributed by atoms with Gasteiger partial charge in [0.25, 0.3) is 5.91 Å². The molecule has 2 aromatic carbocycles. The SMILES string of the molecule is CC[C@@H](Oc1ccc(OC)cc1)C(=O)N[C@H](CC)c1ccc(OC)cc1. The van der Waals surface area contributed by atoms with Crippen molar-refractivity contribution in [2.24, 2.45) is 0 Å². The largest absolute Gasteiger partial charge is 0.497 e. The van der Waals surface area contributed by atoms with Crippen molar-refractivity contribution in [2.75, 3.05) is 14.2 Å². The van der Waals surface area contributed by atoms with Crippen LogP contribution in [0.3, 0.4) is 0 Å². The Morgan fingerprint density at radius 2 is 1.35 bits per heavy atom. The summed E-state index contributed by atoms with van der Waals surface area (Å²) in [6.07, 6.45) is 0.823. The highest BCUT2D eigenvalue weighted by Gasteiger charge is 2.22. The van der Waals surface area contributed by atoms with Crippen molar-refractivity contribution in [3.8, 4) is 17.2 Å². The van der Waals surface area contributed by atoms with Crippen LogP contribution in [0.1, 0.15) is 38.3 Å². The molecule has 0 heterocycles. The second-order valence-electron chi connectivity index (χ2n) is 5.93. The van der Waals surface area contributed by atoms with Crippen LogP contribution in [0.4, 0.5) is 0 Å². The highest BCUT2D eigenvalue weighted by molar-refractivity contribution is 5.81. The first-order valence-corrected chi connectivity index (χ1v) is 8.86. The normalized spacial score (nSPS) is 12.8. The van der Waals surface area contributed by atoms with Crippen LogP contribution in [0.25, 0.3) is 0 Å². The van der Waals surface area contributed by atoms with Gasteiger partial charge in [0.1, 0.15) is 17.2 Å². The third-order valence-corrected chi connectivity index (χ3v) is 4.24. The van der Waals surface area contributed by atoms with E-state index in [-0.39, 0.29) is 11.9 Å². The lowest BCUT2D eigenvalue weighted by Crippen LogP contribution is -2.39. The quantitative estimate of drug-likeness (QED) is 0.733. The third-order valence-electron chi connectivity index (χ3n) is 4.24. The second kappa shape index (κ2) is 9.70. The maximum atomic E-state index is 12.7. The van der Waals surface area contributed by atoms with Gasteiger partial charge in [-0.25, -0.2) is 0 Å². The second-order valence-corrected chi connectivity index (χ2v) is 5.93. The molecule has 0 unspecified atom stereocenters. The number of nitrogens with one attached hydrogen (secondary N) is 1. The van der Waals surface area contributed by atoms with Gasteiger partial charge < -0.3 is 19.5 Å². The van der Waals surface area contributed by atoms with Crippen LogP contribution < -0.4 is 19.5 Å². The summed E-state index contributed by atoms with van der Waals surface area (Å²) < 4.78 is 16.2. The highest BCUT2D eigenvalue weighted by Crippen LogP contribution is 2.22. The Morgan fingerprint density at radius 1 is 0.846 bits per heavy atom. The number of carbonyl (C=O) groups is 1. The molecule has 26 heavy (non-hydrogen) atoms. The minimum absolute atomic E-state index is 0.0677. The molecule has 0 aliphatic rings. The number of amides is 1. The Hall–Kier alpha value is -2.69. The lowest BCUT2D eigenvalue weighted by molar-refractivity contribution is -0.128. The average molecular weight is 357 g/mol. The highest BCUT2D eigenvalue weighted by atomic mass is 16.5. The van der Waals surface area contributed by atoms with Crippen molar-refractivity contribution in [3.05, 3.63) is 54.1 Å². The van der Waals surface area contributed by atoms with Crippen molar-refractivity contribution >= 4 is 5.91 Å². The van der Waals surface area contributed by atoms with Gasteiger partial charge in [0, 0.05) is 0 Å². The first kappa shape index (κ1) is 19.6. The fourth-order valence-electron chi connectivity index (χ4n) is 2.66. The molecule has 0 aliphatic heterocycles. The first-order chi connectivity index (χ1) is 12.6. The molecule has 0 spiro atoms. The molecule has 0 fully saturated rings. The molecule has 0 bridgehead atoms. The number of methoxy groups -OCH3 is 2. The average Bonchev–Trinajstić information content (AvgIpc) is 2.70. The lowest BCUT2D eigenvalue weighted by atomic mass is 10.0. The predicted octanol–water partition coefficient (Wildman–Crippen LogP) is 4.13. The summed E-state index contributed by atoms with van der Waals surface area (Å²) in [5, 5.41) is 3.08. The first-order valence-electron chi connectivity index (χ1n) is 8.86. The summed E-state index contributed by atoms with van der Waals surface area (Å²) in [7, 11) is 3.25. The number of carbonyl (C=O) groups excluding carboxylic acids is 1. The van der Waals surface area contributed by atoms with Gasteiger partial charge in [-0.05, 0) is 54.8 Å². The van der Waals surface area contributed by atoms with E-state index < -0.39 is 6.10 Å². The van der Waals surface area contributed by atoms with Crippen LogP contribution >= 0.6 is 0 Å². The summed E-state index contributed by atoms with van der Waals surface area (Å²) in [5.74, 6) is 2.07. The van der Waals surface area contributed by atoms with Gasteiger partial charge in [0.15, 0.2) is 6.10 Å². The van der Waals surface area contributed by atoms with Gasteiger partial charge in [0.2, 0.25) is 0 Å². The van der Waals surface area contributed by atoms with Crippen LogP contribution in [0.15, 0.2) is 48.5 Å². The van der Waals surface area contributed by atoms with Crippen LogP contribution in [-0.4, -0.2) is 26.2 Å². The van der Waals surface area contributed by atoms with Gasteiger partial charge in [-0.3, -0.25) is 4.79 Å². The number of benzene rings is 2. The van der Waals surface area contributed by atoms with E-state index in [1.54, 1.807) is 26.4 Å². The fraction of sp³-hybridized carbons (Fsp3) is 0.381. The molecule has 5 heteroatoms. The Balaban J connectivity index is 2.03. The minimum atomic E-state index is -0.546. The molecule has 0 radical (unpaired) electrons. The molecule has 0 saturated carbocycles. The molecule has 2 atom stereocenters. The molecule has 5 nitrogen and oxygen atoms in total. The Kier molecular flexibility index (Phi) is 7.33. The standard InChI is InChI=1S/C21H27NO4/c1-5-19(15-7-9-16(24-3)10-8-15)22-21(23)20(6-2)26-18-13-11-17(25-4)12-14-18/h7-14,19-20H,5-6H2,1-4H3,(H,22,23)/t19-,20-/m1/s1. The van der Waals surface area contributed by atoms with E-state index in [2.05, 4.69) is 5.32 Å². The number of ether oxygens (including phenoxy) is 3. The summed E-state index contributed by atoms with van der Waals surface area (Å²) >= 11 is 0. The summed E-state index contributed by atoms with van der Waals surface area (Å²) in [4.78, 5) is 12.7. The monoisotopic (exact) mass is 357 g/mol. The Bertz CT molecular complexity index is 682. The Labute approximate surface area is 155 Å².